The first-order chi connectivity index (χ1) is 10.7. The van der Waals surface area contributed by atoms with Gasteiger partial charge < -0.3 is 4.90 Å². The first kappa shape index (κ1) is 14.7. The number of thiazole rings is 1. The molecule has 0 spiro atoms. The molecule has 6 heteroatoms. The van der Waals surface area contributed by atoms with Gasteiger partial charge in [0.1, 0.15) is 10.8 Å². The molecule has 1 saturated heterocycles. The highest BCUT2D eigenvalue weighted by molar-refractivity contribution is 7.10. The number of rotatable bonds is 4. The van der Waals surface area contributed by atoms with Crippen molar-refractivity contribution in [1.29, 1.82) is 5.26 Å². The van der Waals surface area contributed by atoms with Crippen LogP contribution in [0, 0.1) is 18.3 Å². The molecule has 0 aromatic carbocycles. The summed E-state index contributed by atoms with van der Waals surface area (Å²) in [5.41, 5.74) is 1.29. The van der Waals surface area contributed by atoms with Gasteiger partial charge in [-0.3, -0.25) is 4.79 Å². The van der Waals surface area contributed by atoms with Crippen LogP contribution in [0.2, 0.25) is 0 Å². The fourth-order valence-corrected chi connectivity index (χ4v) is 3.40. The monoisotopic (exact) mass is 312 g/mol. The number of nitriles is 1. The van der Waals surface area contributed by atoms with E-state index in [9.17, 15) is 10.1 Å². The molecule has 0 amide bonds. The highest BCUT2D eigenvalue weighted by atomic mass is 32.1. The maximum absolute atomic E-state index is 12.5. The Hall–Kier alpha value is -2.26. The van der Waals surface area contributed by atoms with Gasteiger partial charge in [0.2, 0.25) is 0 Å². The summed E-state index contributed by atoms with van der Waals surface area (Å²) in [7, 11) is 0. The lowest BCUT2D eigenvalue weighted by Crippen LogP contribution is -2.19. The van der Waals surface area contributed by atoms with Crippen LogP contribution < -0.4 is 4.90 Å². The normalized spacial score (nSPS) is 15.5. The van der Waals surface area contributed by atoms with E-state index < -0.39 is 5.92 Å². The maximum atomic E-state index is 12.5. The molecule has 5 nitrogen and oxygen atoms in total. The fourth-order valence-electron chi connectivity index (χ4n) is 2.56. The third kappa shape index (κ3) is 2.85. The molecular weight excluding hydrogens is 296 g/mol. The second kappa shape index (κ2) is 6.24. The van der Waals surface area contributed by atoms with Crippen LogP contribution in [0.3, 0.4) is 0 Å². The zero-order chi connectivity index (χ0) is 15.5. The van der Waals surface area contributed by atoms with Gasteiger partial charge in [0.05, 0.1) is 6.07 Å². The Kier molecular flexibility index (Phi) is 4.16. The molecule has 3 rings (SSSR count). The average Bonchev–Trinajstić information content (AvgIpc) is 3.20. The third-order valence-corrected chi connectivity index (χ3v) is 4.76. The number of aryl methyl sites for hydroxylation is 1. The van der Waals surface area contributed by atoms with E-state index in [1.54, 1.807) is 12.3 Å². The summed E-state index contributed by atoms with van der Waals surface area (Å²) in [6.07, 6.45) is 3.94. The van der Waals surface area contributed by atoms with Crippen LogP contribution in [0.25, 0.3) is 0 Å². The molecule has 0 saturated carbocycles. The van der Waals surface area contributed by atoms with Crippen molar-refractivity contribution in [2.75, 3.05) is 18.0 Å². The van der Waals surface area contributed by atoms with Gasteiger partial charge in [-0.25, -0.2) is 9.97 Å². The highest BCUT2D eigenvalue weighted by Gasteiger charge is 2.25. The van der Waals surface area contributed by atoms with Crippen LogP contribution in [0.15, 0.2) is 23.7 Å². The molecule has 3 heterocycles. The summed E-state index contributed by atoms with van der Waals surface area (Å²) in [6, 6.07) is 5.68. The first-order valence-corrected chi connectivity index (χ1v) is 8.14. The van der Waals surface area contributed by atoms with Gasteiger partial charge in [-0.2, -0.15) is 5.26 Å². The largest absolute Gasteiger partial charge is 0.357 e. The molecule has 0 aliphatic carbocycles. The Morgan fingerprint density at radius 2 is 2.18 bits per heavy atom. The fraction of sp³-hybridized carbons (Fsp3) is 0.375. The molecule has 0 bridgehead atoms. The molecule has 2 aromatic heterocycles. The first-order valence-electron chi connectivity index (χ1n) is 7.26. The molecule has 1 unspecified atom stereocenters. The van der Waals surface area contributed by atoms with Gasteiger partial charge >= 0.3 is 0 Å². The van der Waals surface area contributed by atoms with E-state index in [1.165, 1.54) is 24.2 Å². The number of carbonyl (C=O) groups is 1. The quantitative estimate of drug-likeness (QED) is 0.812. The summed E-state index contributed by atoms with van der Waals surface area (Å²) in [5.74, 6) is -0.192. The minimum atomic E-state index is -0.849. The number of anilines is 1. The average molecular weight is 312 g/mol. The zero-order valence-corrected chi connectivity index (χ0v) is 13.1. The van der Waals surface area contributed by atoms with Crippen LogP contribution in [0.4, 0.5) is 5.82 Å². The second-order valence-electron chi connectivity index (χ2n) is 5.35. The van der Waals surface area contributed by atoms with Gasteiger partial charge in [0.25, 0.3) is 0 Å². The minimum Gasteiger partial charge on any atom is -0.357 e. The lowest BCUT2D eigenvalue weighted by Gasteiger charge is -2.16. The molecule has 1 aliphatic heterocycles. The van der Waals surface area contributed by atoms with E-state index in [-0.39, 0.29) is 5.78 Å². The van der Waals surface area contributed by atoms with Crippen molar-refractivity contribution < 1.29 is 4.79 Å². The molecule has 2 aromatic rings. The van der Waals surface area contributed by atoms with Gasteiger partial charge in [-0.05, 0) is 31.9 Å². The summed E-state index contributed by atoms with van der Waals surface area (Å²) < 4.78 is 0. The number of carbonyl (C=O) groups excluding carboxylic acids is 1. The van der Waals surface area contributed by atoms with Crippen LogP contribution in [0.1, 0.15) is 39.8 Å². The molecule has 0 N–H and O–H groups in total. The highest BCUT2D eigenvalue weighted by Crippen LogP contribution is 2.25. The van der Waals surface area contributed by atoms with E-state index in [1.807, 2.05) is 18.4 Å². The zero-order valence-electron chi connectivity index (χ0n) is 12.3. The van der Waals surface area contributed by atoms with Crippen LogP contribution in [-0.4, -0.2) is 28.8 Å². The molecule has 1 atom stereocenters. The summed E-state index contributed by atoms with van der Waals surface area (Å²) in [6.45, 7) is 3.88. The van der Waals surface area contributed by atoms with Crippen LogP contribution in [-0.2, 0) is 0 Å². The van der Waals surface area contributed by atoms with Gasteiger partial charge in [-0.1, -0.05) is 0 Å². The molecule has 1 aliphatic rings. The van der Waals surface area contributed by atoms with E-state index in [4.69, 9.17) is 0 Å². The Bertz CT molecular complexity index is 710. The number of nitrogens with zero attached hydrogens (tertiary/aromatic N) is 4. The van der Waals surface area contributed by atoms with E-state index >= 15 is 0 Å². The van der Waals surface area contributed by atoms with Crippen LogP contribution in [0.5, 0.6) is 0 Å². The Balaban J connectivity index is 1.80. The molecular formula is C16H16N4OS. The summed E-state index contributed by atoms with van der Waals surface area (Å²) >= 11 is 1.35. The third-order valence-electron chi connectivity index (χ3n) is 3.74. The SMILES string of the molecule is Cc1csc(C(C#N)C(=O)c2ccc(N3CCCC3)nc2)n1. The van der Waals surface area contributed by atoms with Gasteiger partial charge in [-0.15, -0.1) is 11.3 Å². The molecule has 1 fully saturated rings. The topological polar surface area (TPSA) is 69.9 Å². The summed E-state index contributed by atoms with van der Waals surface area (Å²) in [5, 5.41) is 11.7. The lowest BCUT2D eigenvalue weighted by molar-refractivity contribution is 0.0978. The number of ketones is 1. The van der Waals surface area contributed by atoms with Gasteiger partial charge in [0.15, 0.2) is 11.7 Å². The van der Waals surface area contributed by atoms with Crippen LogP contribution >= 0.6 is 11.3 Å². The van der Waals surface area contributed by atoms with E-state index in [2.05, 4.69) is 20.9 Å². The van der Waals surface area contributed by atoms with E-state index in [0.29, 0.717) is 10.6 Å². The molecule has 112 valence electrons. The predicted molar refractivity (Wildman–Crippen MR) is 85.2 cm³/mol. The predicted octanol–water partition coefficient (Wildman–Crippen LogP) is 2.94. The summed E-state index contributed by atoms with van der Waals surface area (Å²) in [4.78, 5) is 23.3. The number of aromatic nitrogens is 2. The van der Waals surface area contributed by atoms with Crippen molar-refractivity contribution >= 4 is 22.9 Å². The molecule has 22 heavy (non-hydrogen) atoms. The van der Waals surface area contributed by atoms with Crippen molar-refractivity contribution in [3.8, 4) is 6.07 Å². The Morgan fingerprint density at radius 1 is 1.41 bits per heavy atom. The molecule has 0 radical (unpaired) electrons. The maximum Gasteiger partial charge on any atom is 0.188 e. The van der Waals surface area contributed by atoms with Crippen molar-refractivity contribution in [1.82, 2.24) is 9.97 Å². The van der Waals surface area contributed by atoms with Crippen molar-refractivity contribution in [3.05, 3.63) is 40.0 Å². The van der Waals surface area contributed by atoms with Crippen molar-refractivity contribution in [2.24, 2.45) is 0 Å². The number of Topliss-reactive ketones (excluding diaryl/α,β-unsaturated/α-hetero) is 1. The number of pyridine rings is 1. The van der Waals surface area contributed by atoms with Crippen molar-refractivity contribution in [2.45, 2.75) is 25.7 Å². The van der Waals surface area contributed by atoms with Crippen molar-refractivity contribution in [3.63, 3.8) is 0 Å². The number of hydrogen-bond acceptors (Lipinski definition) is 6. The van der Waals surface area contributed by atoms with Gasteiger partial charge in [0, 0.05) is 35.9 Å². The minimum absolute atomic E-state index is 0.239. The number of hydrogen-bond donors (Lipinski definition) is 0. The van der Waals surface area contributed by atoms with E-state index in [0.717, 1.165) is 24.6 Å². The Morgan fingerprint density at radius 3 is 2.73 bits per heavy atom. The lowest BCUT2D eigenvalue weighted by atomic mass is 10.0. The standard InChI is InChI=1S/C16H16N4OS/c1-11-10-22-16(19-11)13(8-17)15(21)12-4-5-14(18-9-12)20-6-2-3-7-20/h4-5,9-10,13H,2-3,6-7H2,1H3. The Labute approximate surface area is 133 Å². The second-order valence-corrected chi connectivity index (χ2v) is 6.24. The smallest absolute Gasteiger partial charge is 0.188 e.